The van der Waals surface area contributed by atoms with Crippen molar-refractivity contribution in [3.8, 4) is 11.5 Å². The van der Waals surface area contributed by atoms with Crippen LogP contribution in [0.4, 0.5) is 5.69 Å². The summed E-state index contributed by atoms with van der Waals surface area (Å²) in [6, 6.07) is 23.2. The van der Waals surface area contributed by atoms with Crippen LogP contribution >= 0.6 is 0 Å². The molecule has 7 rings (SSSR count). The third kappa shape index (κ3) is 3.17. The minimum Gasteiger partial charge on any atom is -0.454 e. The van der Waals surface area contributed by atoms with Gasteiger partial charge in [0.1, 0.15) is 0 Å². The molecule has 5 atom stereocenters. The minimum atomic E-state index is -0.0367. The Morgan fingerprint density at radius 2 is 1.79 bits per heavy atom. The van der Waals surface area contributed by atoms with E-state index in [9.17, 15) is 4.79 Å². The first-order valence-electron chi connectivity index (χ1n) is 12.4. The number of fused-ring (bicyclic) bond motifs is 8. The summed E-state index contributed by atoms with van der Waals surface area (Å²) in [6.07, 6.45) is 3.97. The Bertz CT molecular complexity index is 1260. The number of ether oxygens (including phenoxy) is 2. The highest BCUT2D eigenvalue weighted by molar-refractivity contribution is 5.95. The fourth-order valence-corrected chi connectivity index (χ4v) is 6.95. The fraction of sp³-hybridized carbons (Fsp3) is 0.345. The molecule has 2 aliphatic heterocycles. The van der Waals surface area contributed by atoms with Crippen molar-refractivity contribution < 1.29 is 14.3 Å². The van der Waals surface area contributed by atoms with E-state index < -0.39 is 0 Å². The van der Waals surface area contributed by atoms with Gasteiger partial charge in [-0.3, -0.25) is 4.79 Å². The van der Waals surface area contributed by atoms with Crippen molar-refractivity contribution in [2.45, 2.75) is 37.8 Å². The van der Waals surface area contributed by atoms with Gasteiger partial charge >= 0.3 is 0 Å². The number of rotatable bonds is 4. The monoisotopic (exact) mass is 452 g/mol. The quantitative estimate of drug-likeness (QED) is 0.538. The van der Waals surface area contributed by atoms with Crippen LogP contribution in [0.2, 0.25) is 0 Å². The molecule has 2 aliphatic carbocycles. The molecule has 4 aliphatic rings. The molecule has 3 aromatic carbocycles. The number of hydrogen-bond donors (Lipinski definition) is 2. The van der Waals surface area contributed by atoms with Crippen LogP contribution in [0.15, 0.2) is 66.7 Å². The number of hydrogen-bond acceptors (Lipinski definition) is 4. The van der Waals surface area contributed by atoms with Gasteiger partial charge in [-0.25, -0.2) is 0 Å². The van der Waals surface area contributed by atoms with Gasteiger partial charge in [-0.15, -0.1) is 0 Å². The summed E-state index contributed by atoms with van der Waals surface area (Å²) in [6.45, 7) is 0.709. The van der Waals surface area contributed by atoms with Crippen LogP contribution in [0, 0.1) is 17.8 Å². The second-order valence-electron chi connectivity index (χ2n) is 10.1. The number of amides is 1. The summed E-state index contributed by atoms with van der Waals surface area (Å²) in [4.78, 5) is 13.1. The zero-order valence-corrected chi connectivity index (χ0v) is 19.0. The Labute approximate surface area is 199 Å². The van der Waals surface area contributed by atoms with Crippen molar-refractivity contribution in [1.29, 1.82) is 0 Å². The number of nitrogens with one attached hydrogen (secondary N) is 2. The maximum atomic E-state index is 13.1. The molecule has 2 N–H and O–H groups in total. The van der Waals surface area contributed by atoms with Crippen LogP contribution < -0.4 is 20.1 Å². The van der Waals surface area contributed by atoms with Crippen LogP contribution in [0.3, 0.4) is 0 Å². The van der Waals surface area contributed by atoms with E-state index in [2.05, 4.69) is 53.1 Å². The van der Waals surface area contributed by atoms with E-state index in [4.69, 9.17) is 9.47 Å². The molecule has 2 bridgehead atoms. The van der Waals surface area contributed by atoms with Crippen LogP contribution in [0.25, 0.3) is 0 Å². The van der Waals surface area contributed by atoms with Crippen molar-refractivity contribution >= 4 is 11.6 Å². The second-order valence-corrected chi connectivity index (χ2v) is 10.1. The highest BCUT2D eigenvalue weighted by atomic mass is 16.7. The summed E-state index contributed by atoms with van der Waals surface area (Å²) in [7, 11) is 0. The molecule has 2 saturated carbocycles. The van der Waals surface area contributed by atoms with E-state index in [-0.39, 0.29) is 12.7 Å². The molecule has 3 aromatic rings. The van der Waals surface area contributed by atoms with Gasteiger partial charge in [0.15, 0.2) is 11.5 Å². The fourth-order valence-electron chi connectivity index (χ4n) is 6.95. The van der Waals surface area contributed by atoms with E-state index in [0.717, 1.165) is 34.5 Å². The maximum Gasteiger partial charge on any atom is 0.251 e. The number of anilines is 1. The summed E-state index contributed by atoms with van der Waals surface area (Å²) < 4.78 is 10.8. The predicted molar refractivity (Wildman–Crippen MR) is 130 cm³/mol. The van der Waals surface area contributed by atoms with Gasteiger partial charge in [0.25, 0.3) is 5.91 Å². The molecular weight excluding hydrogens is 424 g/mol. The van der Waals surface area contributed by atoms with E-state index >= 15 is 0 Å². The average Bonchev–Trinajstić information content (AvgIpc) is 3.63. The first-order chi connectivity index (χ1) is 16.7. The molecule has 1 amide bonds. The summed E-state index contributed by atoms with van der Waals surface area (Å²) in [5.41, 5.74) is 5.63. The summed E-state index contributed by atoms with van der Waals surface area (Å²) in [5.74, 6) is 4.08. The normalized spacial score (nSPS) is 27.6. The van der Waals surface area contributed by atoms with Gasteiger partial charge in [-0.2, -0.15) is 0 Å². The minimum absolute atomic E-state index is 0.0367. The highest BCUT2D eigenvalue weighted by Crippen LogP contribution is 2.63. The first-order valence-corrected chi connectivity index (χ1v) is 12.4. The van der Waals surface area contributed by atoms with Gasteiger partial charge in [-0.05, 0) is 90.0 Å². The zero-order chi connectivity index (χ0) is 22.6. The molecule has 0 aromatic heterocycles. The summed E-state index contributed by atoms with van der Waals surface area (Å²) >= 11 is 0. The lowest BCUT2D eigenvalue weighted by atomic mass is 9.68. The number of benzene rings is 3. The third-order valence-corrected chi connectivity index (χ3v) is 8.40. The van der Waals surface area contributed by atoms with Gasteiger partial charge in [0.05, 0.1) is 6.04 Å². The lowest BCUT2D eigenvalue weighted by molar-refractivity contribution is 0.0950. The molecule has 5 nitrogen and oxygen atoms in total. The highest BCUT2D eigenvalue weighted by Gasteiger charge is 2.53. The molecule has 2 heterocycles. The molecule has 5 heteroatoms. The third-order valence-electron chi connectivity index (χ3n) is 8.40. The molecule has 0 spiro atoms. The van der Waals surface area contributed by atoms with Gasteiger partial charge < -0.3 is 20.1 Å². The Kier molecular flexibility index (Phi) is 4.57. The topological polar surface area (TPSA) is 59.6 Å². The Balaban J connectivity index is 1.15. The van der Waals surface area contributed by atoms with Crippen molar-refractivity contribution in [2.75, 3.05) is 12.1 Å². The second kappa shape index (κ2) is 7.79. The zero-order valence-electron chi connectivity index (χ0n) is 19.0. The SMILES string of the molecule is O=C(NCc1ccc2c(c1)OCO2)c1ccc2c(c1)[C@@H]1[C@H]3CC[C@@H](C3)[C@@H]1[C@@H](c1ccccc1)N2. The number of carbonyl (C=O) groups excluding carboxylic acids is 1. The Hall–Kier alpha value is -3.47. The molecule has 2 fully saturated rings. The standard InChI is InChI=1S/C29H28N2O3/c32-29(30-15-17-6-11-24-25(12-17)34-16-33-24)21-9-10-23-22(14-21)26-19-7-8-20(13-19)27(26)28(31-23)18-4-2-1-3-5-18/h1-6,9-12,14,19-20,26-28,31H,7-8,13,15-16H2,(H,30,32)/t19-,20-,26-,27-,28+/m0/s1. The molecule has 34 heavy (non-hydrogen) atoms. The van der Waals surface area contributed by atoms with Gasteiger partial charge in [0, 0.05) is 17.8 Å². The lowest BCUT2D eigenvalue weighted by Crippen LogP contribution is -2.35. The Morgan fingerprint density at radius 3 is 2.71 bits per heavy atom. The molecule has 172 valence electrons. The van der Waals surface area contributed by atoms with E-state index in [1.54, 1.807) is 0 Å². The predicted octanol–water partition coefficient (Wildman–Crippen LogP) is 5.64. The summed E-state index contributed by atoms with van der Waals surface area (Å²) in [5, 5.41) is 6.95. The van der Waals surface area contributed by atoms with Crippen molar-refractivity contribution in [3.05, 3.63) is 89.0 Å². The van der Waals surface area contributed by atoms with E-state index in [1.807, 2.05) is 24.3 Å². The van der Waals surface area contributed by atoms with Gasteiger partial charge in [-0.1, -0.05) is 36.4 Å². The maximum absolute atomic E-state index is 13.1. The van der Waals surface area contributed by atoms with Crippen LogP contribution in [-0.2, 0) is 6.54 Å². The van der Waals surface area contributed by atoms with E-state index in [0.29, 0.717) is 24.4 Å². The lowest BCUT2D eigenvalue weighted by Gasteiger charge is -2.43. The molecule has 0 radical (unpaired) electrons. The van der Waals surface area contributed by atoms with Crippen LogP contribution in [0.1, 0.15) is 58.3 Å². The van der Waals surface area contributed by atoms with Crippen molar-refractivity contribution in [3.63, 3.8) is 0 Å². The number of carbonyl (C=O) groups is 1. The average molecular weight is 453 g/mol. The van der Waals surface area contributed by atoms with E-state index in [1.165, 1.54) is 36.1 Å². The first kappa shape index (κ1) is 20.0. The van der Waals surface area contributed by atoms with Crippen molar-refractivity contribution in [2.24, 2.45) is 17.8 Å². The molecular formula is C29H28N2O3. The molecule has 0 saturated heterocycles. The Morgan fingerprint density at radius 1 is 0.941 bits per heavy atom. The molecule has 0 unspecified atom stereocenters. The smallest absolute Gasteiger partial charge is 0.251 e. The largest absolute Gasteiger partial charge is 0.454 e. The van der Waals surface area contributed by atoms with Crippen molar-refractivity contribution in [1.82, 2.24) is 5.32 Å². The van der Waals surface area contributed by atoms with Crippen LogP contribution in [-0.4, -0.2) is 12.7 Å². The van der Waals surface area contributed by atoms with Gasteiger partial charge in [0.2, 0.25) is 6.79 Å². The van der Waals surface area contributed by atoms with Crippen LogP contribution in [0.5, 0.6) is 11.5 Å².